The molecule has 0 N–H and O–H groups in total. The van der Waals surface area contributed by atoms with E-state index < -0.39 is 14.6 Å². The Morgan fingerprint density at radius 3 is 2.20 bits per heavy atom. The quantitative estimate of drug-likeness (QED) is 0.665. The highest BCUT2D eigenvalue weighted by molar-refractivity contribution is 7.92. The normalized spacial score (nSPS) is 12.8. The van der Waals surface area contributed by atoms with E-state index in [0.717, 1.165) is 0 Å². The average molecular weight is 232 g/mol. The monoisotopic (exact) mass is 232 g/mol. The van der Waals surface area contributed by atoms with Gasteiger partial charge in [-0.3, -0.25) is 4.90 Å². The van der Waals surface area contributed by atoms with E-state index in [2.05, 4.69) is 0 Å². The van der Waals surface area contributed by atoms with Gasteiger partial charge in [-0.05, 0) is 27.3 Å². The molecule has 0 saturated carbocycles. The molecule has 0 atom stereocenters. The lowest BCUT2D eigenvalue weighted by atomic mass is 10.3. The molecule has 5 heteroatoms. The van der Waals surface area contributed by atoms with Crippen molar-refractivity contribution in [2.24, 2.45) is 0 Å². The molecule has 0 aromatic rings. The van der Waals surface area contributed by atoms with Crippen LogP contribution in [0.4, 0.5) is 0 Å². The van der Waals surface area contributed by atoms with E-state index in [1.807, 2.05) is 17.9 Å². The minimum Gasteiger partial charge on any atom is -0.290 e. The van der Waals surface area contributed by atoms with Crippen LogP contribution in [0.2, 0.25) is 0 Å². The van der Waals surface area contributed by atoms with Crippen LogP contribution in [0.5, 0.6) is 0 Å². The van der Waals surface area contributed by atoms with Crippen LogP contribution in [0.15, 0.2) is 0 Å². The lowest BCUT2D eigenvalue weighted by Gasteiger charge is -2.22. The molecule has 0 aliphatic heterocycles. The molecule has 0 rings (SSSR count). The van der Waals surface area contributed by atoms with E-state index in [-0.39, 0.29) is 12.3 Å². The second-order valence-corrected chi connectivity index (χ2v) is 7.32. The smallest absolute Gasteiger partial charge is 0.156 e. The molecule has 0 aliphatic rings. The highest BCUT2D eigenvalue weighted by Gasteiger charge is 2.28. The van der Waals surface area contributed by atoms with Crippen LogP contribution in [0.3, 0.4) is 0 Å². The first-order chi connectivity index (χ1) is 6.74. The maximum atomic E-state index is 11.8. The van der Waals surface area contributed by atoms with Crippen molar-refractivity contribution in [1.82, 2.24) is 4.90 Å². The SMILES string of the molecule is CCN(CC#N)CCS(=O)(=O)C(C)(C)C. The maximum absolute atomic E-state index is 11.8. The van der Waals surface area contributed by atoms with E-state index in [1.54, 1.807) is 20.8 Å². The van der Waals surface area contributed by atoms with Crippen LogP contribution in [0, 0.1) is 11.3 Å². The second-order valence-electron chi connectivity index (χ2n) is 4.46. The molecule has 0 aliphatic carbocycles. The summed E-state index contributed by atoms with van der Waals surface area (Å²) in [4.78, 5) is 1.82. The zero-order valence-electron chi connectivity index (χ0n) is 9.95. The van der Waals surface area contributed by atoms with Gasteiger partial charge in [-0.1, -0.05) is 6.92 Å². The fourth-order valence-corrected chi connectivity index (χ4v) is 2.12. The second kappa shape index (κ2) is 5.47. The summed E-state index contributed by atoms with van der Waals surface area (Å²) in [6, 6.07) is 2.02. The molecule has 0 bridgehead atoms. The lowest BCUT2D eigenvalue weighted by Crippen LogP contribution is -2.36. The maximum Gasteiger partial charge on any atom is 0.156 e. The van der Waals surface area contributed by atoms with Crippen LogP contribution in [-0.2, 0) is 9.84 Å². The first-order valence-corrected chi connectivity index (χ1v) is 6.71. The predicted octanol–water partition coefficient (Wildman–Crippen LogP) is 1.05. The van der Waals surface area contributed by atoms with Crippen molar-refractivity contribution >= 4 is 9.84 Å². The van der Waals surface area contributed by atoms with Crippen LogP contribution >= 0.6 is 0 Å². The van der Waals surface area contributed by atoms with Crippen molar-refractivity contribution in [3.05, 3.63) is 0 Å². The summed E-state index contributed by atoms with van der Waals surface area (Å²) < 4.78 is 22.8. The first-order valence-electron chi connectivity index (χ1n) is 5.06. The fraction of sp³-hybridized carbons (Fsp3) is 0.900. The fourth-order valence-electron chi connectivity index (χ4n) is 1.00. The van der Waals surface area contributed by atoms with Crippen molar-refractivity contribution in [2.75, 3.05) is 25.4 Å². The number of sulfone groups is 1. The van der Waals surface area contributed by atoms with Gasteiger partial charge in [-0.2, -0.15) is 5.26 Å². The predicted molar refractivity (Wildman–Crippen MR) is 61.3 cm³/mol. The van der Waals surface area contributed by atoms with Crippen molar-refractivity contribution < 1.29 is 8.42 Å². The van der Waals surface area contributed by atoms with Crippen LogP contribution in [0.1, 0.15) is 27.7 Å². The molecule has 0 spiro atoms. The molecule has 0 fully saturated rings. The Morgan fingerprint density at radius 1 is 1.33 bits per heavy atom. The highest BCUT2D eigenvalue weighted by atomic mass is 32.2. The minimum absolute atomic E-state index is 0.117. The molecule has 0 aromatic heterocycles. The average Bonchev–Trinajstić information content (AvgIpc) is 2.10. The topological polar surface area (TPSA) is 61.2 Å². The number of hydrogen-bond acceptors (Lipinski definition) is 4. The van der Waals surface area contributed by atoms with E-state index in [4.69, 9.17) is 5.26 Å². The summed E-state index contributed by atoms with van der Waals surface area (Å²) in [5, 5.41) is 8.52. The standard InChI is InChI=1S/C10H20N2O2S/c1-5-12(7-6-11)8-9-15(13,14)10(2,3)4/h5,7-9H2,1-4H3. The van der Waals surface area contributed by atoms with Crippen LogP contribution in [0.25, 0.3) is 0 Å². The van der Waals surface area contributed by atoms with Gasteiger partial charge in [0.1, 0.15) is 0 Å². The summed E-state index contributed by atoms with van der Waals surface area (Å²) in [5.74, 6) is 0.117. The third-order valence-electron chi connectivity index (χ3n) is 2.35. The van der Waals surface area contributed by atoms with Crippen molar-refractivity contribution in [1.29, 1.82) is 5.26 Å². The molecule has 0 heterocycles. The van der Waals surface area contributed by atoms with Crippen molar-refractivity contribution in [3.8, 4) is 6.07 Å². The summed E-state index contributed by atoms with van der Waals surface area (Å²) in [6.45, 7) is 8.43. The van der Waals surface area contributed by atoms with Gasteiger partial charge in [0.15, 0.2) is 9.84 Å². The van der Waals surface area contributed by atoms with Crippen molar-refractivity contribution in [3.63, 3.8) is 0 Å². The van der Waals surface area contributed by atoms with Gasteiger partial charge in [-0.25, -0.2) is 8.42 Å². The molecular formula is C10H20N2O2S. The van der Waals surface area contributed by atoms with E-state index in [1.165, 1.54) is 0 Å². The molecule has 4 nitrogen and oxygen atoms in total. The number of rotatable bonds is 5. The molecule has 0 saturated heterocycles. The van der Waals surface area contributed by atoms with E-state index in [0.29, 0.717) is 13.1 Å². The Balaban J connectivity index is 4.34. The number of nitriles is 1. The summed E-state index contributed by atoms with van der Waals surface area (Å²) in [6.07, 6.45) is 0. The minimum atomic E-state index is -3.07. The van der Waals surface area contributed by atoms with Crippen molar-refractivity contribution in [2.45, 2.75) is 32.4 Å². The zero-order valence-corrected chi connectivity index (χ0v) is 10.8. The van der Waals surface area contributed by atoms with Crippen LogP contribution in [-0.4, -0.2) is 43.5 Å². The Labute approximate surface area is 92.8 Å². The molecule has 0 unspecified atom stereocenters. The van der Waals surface area contributed by atoms with Gasteiger partial charge in [0.05, 0.1) is 23.1 Å². The molecule has 0 amide bonds. The Kier molecular flexibility index (Phi) is 5.26. The van der Waals surface area contributed by atoms with Gasteiger partial charge in [-0.15, -0.1) is 0 Å². The first kappa shape index (κ1) is 14.4. The van der Waals surface area contributed by atoms with Crippen LogP contribution < -0.4 is 0 Å². The van der Waals surface area contributed by atoms with E-state index >= 15 is 0 Å². The molecule has 0 aromatic carbocycles. The number of hydrogen-bond donors (Lipinski definition) is 0. The van der Waals surface area contributed by atoms with E-state index in [9.17, 15) is 8.42 Å². The molecular weight excluding hydrogens is 212 g/mol. The number of nitrogens with zero attached hydrogens (tertiary/aromatic N) is 2. The largest absolute Gasteiger partial charge is 0.290 e. The Bertz CT molecular complexity index is 322. The molecule has 15 heavy (non-hydrogen) atoms. The third-order valence-corrected chi connectivity index (χ3v) is 4.94. The lowest BCUT2D eigenvalue weighted by molar-refractivity contribution is 0.340. The Hall–Kier alpha value is -0.600. The summed E-state index contributed by atoms with van der Waals surface area (Å²) in [7, 11) is -3.07. The van der Waals surface area contributed by atoms with Gasteiger partial charge in [0.2, 0.25) is 0 Å². The molecule has 0 radical (unpaired) electrons. The Morgan fingerprint density at radius 2 is 1.87 bits per heavy atom. The van der Waals surface area contributed by atoms with Gasteiger partial charge >= 0.3 is 0 Å². The molecule has 88 valence electrons. The van der Waals surface area contributed by atoms with Gasteiger partial charge in [0, 0.05) is 6.54 Å². The zero-order chi connectivity index (χ0) is 12.1. The summed E-state index contributed by atoms with van der Waals surface area (Å²) >= 11 is 0. The summed E-state index contributed by atoms with van der Waals surface area (Å²) in [5.41, 5.74) is 0. The van der Waals surface area contributed by atoms with Gasteiger partial charge < -0.3 is 0 Å². The third kappa shape index (κ3) is 4.63. The highest BCUT2D eigenvalue weighted by Crippen LogP contribution is 2.15. The van der Waals surface area contributed by atoms with Gasteiger partial charge in [0.25, 0.3) is 0 Å².